The second-order valence-corrected chi connectivity index (χ2v) is 6.92. The minimum absolute atomic E-state index is 0.104. The fraction of sp³-hybridized carbons (Fsp3) is 0.214. The molecule has 1 heterocycles. The smallest absolute Gasteiger partial charge is 0.234 e. The van der Waals surface area contributed by atoms with Gasteiger partial charge >= 0.3 is 0 Å². The van der Waals surface area contributed by atoms with Crippen LogP contribution in [-0.4, -0.2) is 26.7 Å². The van der Waals surface area contributed by atoms with Crippen molar-refractivity contribution >= 4 is 27.3 Å². The molecule has 0 saturated carbocycles. The number of benzene rings is 1. The molecule has 0 spiro atoms. The second kappa shape index (κ2) is 7.44. The molecule has 0 fully saturated rings. The lowest BCUT2D eigenvalue weighted by molar-refractivity contribution is -0.120. The zero-order valence-corrected chi connectivity index (χ0v) is 13.2. The molecule has 22 heavy (non-hydrogen) atoms. The number of hydrogen-bond acceptors (Lipinski definition) is 5. The Morgan fingerprint density at radius 2 is 1.91 bits per heavy atom. The van der Waals surface area contributed by atoms with E-state index < -0.39 is 9.84 Å². The first-order valence-electron chi connectivity index (χ1n) is 6.45. The van der Waals surface area contributed by atoms with Gasteiger partial charge in [0.25, 0.3) is 0 Å². The zero-order chi connectivity index (χ0) is 16.0. The molecule has 6 nitrogen and oxygen atoms in total. The Labute approximate surface area is 133 Å². The summed E-state index contributed by atoms with van der Waals surface area (Å²) >= 11 is 5.71. The van der Waals surface area contributed by atoms with Gasteiger partial charge < -0.3 is 9.73 Å². The molecule has 118 valence electrons. The van der Waals surface area contributed by atoms with E-state index >= 15 is 0 Å². The van der Waals surface area contributed by atoms with Crippen molar-refractivity contribution in [3.8, 4) is 0 Å². The van der Waals surface area contributed by atoms with Gasteiger partial charge in [0.1, 0.15) is 11.6 Å². The number of carbonyl (C=O) groups is 1. The first-order valence-corrected chi connectivity index (χ1v) is 8.48. The van der Waals surface area contributed by atoms with E-state index in [9.17, 15) is 13.2 Å². The molecule has 0 radical (unpaired) electrons. The van der Waals surface area contributed by atoms with E-state index in [1.54, 1.807) is 12.1 Å². The predicted octanol–water partition coefficient (Wildman–Crippen LogP) is 1.57. The summed E-state index contributed by atoms with van der Waals surface area (Å²) in [5.74, 6) is -0.0205. The van der Waals surface area contributed by atoms with Gasteiger partial charge in [-0.15, -0.1) is 0 Å². The predicted molar refractivity (Wildman–Crippen MR) is 82.1 cm³/mol. The van der Waals surface area contributed by atoms with E-state index in [-0.39, 0.29) is 29.8 Å². The Kier molecular flexibility index (Phi) is 5.59. The number of halogens is 1. The molecule has 0 unspecified atom stereocenters. The first kappa shape index (κ1) is 16.5. The van der Waals surface area contributed by atoms with E-state index in [0.29, 0.717) is 10.8 Å². The third kappa shape index (κ3) is 4.87. The van der Waals surface area contributed by atoms with Crippen LogP contribution >= 0.6 is 11.6 Å². The van der Waals surface area contributed by atoms with Gasteiger partial charge in [-0.05, 0) is 36.4 Å². The molecule has 1 aromatic heterocycles. The monoisotopic (exact) mass is 342 g/mol. The maximum absolute atomic E-state index is 12.0. The molecule has 0 bridgehead atoms. The van der Waals surface area contributed by atoms with Crippen molar-refractivity contribution in [1.82, 2.24) is 10.6 Å². The lowest BCUT2D eigenvalue weighted by atomic mass is 10.4. The van der Waals surface area contributed by atoms with Crippen molar-refractivity contribution in [2.45, 2.75) is 11.4 Å². The van der Waals surface area contributed by atoms with Crippen LogP contribution in [0, 0.1) is 0 Å². The first-order chi connectivity index (χ1) is 10.5. The third-order valence-corrected chi connectivity index (χ3v) is 4.62. The molecule has 2 aromatic rings. The van der Waals surface area contributed by atoms with Crippen molar-refractivity contribution in [2.75, 3.05) is 12.4 Å². The Balaban J connectivity index is 1.77. The van der Waals surface area contributed by atoms with Crippen LogP contribution in [0.4, 0.5) is 0 Å². The molecule has 0 aliphatic carbocycles. The van der Waals surface area contributed by atoms with E-state index in [2.05, 4.69) is 10.6 Å². The van der Waals surface area contributed by atoms with E-state index in [0.717, 1.165) is 0 Å². The van der Waals surface area contributed by atoms with Crippen LogP contribution in [0.3, 0.4) is 0 Å². The van der Waals surface area contributed by atoms with Gasteiger partial charge in [-0.1, -0.05) is 11.6 Å². The zero-order valence-electron chi connectivity index (χ0n) is 11.6. The normalized spacial score (nSPS) is 11.3. The molecule has 1 aromatic carbocycles. The highest BCUT2D eigenvalue weighted by molar-refractivity contribution is 7.91. The summed E-state index contributed by atoms with van der Waals surface area (Å²) in [5.41, 5.74) is 0. The quantitative estimate of drug-likeness (QED) is 0.797. The van der Waals surface area contributed by atoms with Crippen LogP contribution in [0.1, 0.15) is 5.76 Å². The molecular formula is C14H15ClN2O4S. The largest absolute Gasteiger partial charge is 0.467 e. The summed E-state index contributed by atoms with van der Waals surface area (Å²) in [6.07, 6.45) is 1.51. The number of sulfone groups is 1. The van der Waals surface area contributed by atoms with Crippen LogP contribution < -0.4 is 10.6 Å². The fourth-order valence-corrected chi connectivity index (χ4v) is 2.90. The number of hydrogen-bond donors (Lipinski definition) is 2. The van der Waals surface area contributed by atoms with E-state index in [4.69, 9.17) is 16.0 Å². The fourth-order valence-electron chi connectivity index (χ4n) is 1.69. The number of furan rings is 1. The standard InChI is InChI=1S/C14H15ClN2O4S/c15-11-3-5-13(6-4-11)22(19,20)10-16-9-14(18)17-8-12-2-1-7-21-12/h1-7,16H,8-10H2,(H,17,18). The molecular weight excluding hydrogens is 328 g/mol. The lowest BCUT2D eigenvalue weighted by Gasteiger charge is -2.07. The Hall–Kier alpha value is -1.83. The summed E-state index contributed by atoms with van der Waals surface area (Å²) in [5, 5.41) is 5.68. The second-order valence-electron chi connectivity index (χ2n) is 4.50. The third-order valence-electron chi connectivity index (χ3n) is 2.79. The summed E-state index contributed by atoms with van der Waals surface area (Å²) in [4.78, 5) is 11.7. The van der Waals surface area contributed by atoms with Gasteiger partial charge in [0, 0.05) is 5.02 Å². The van der Waals surface area contributed by atoms with Crippen molar-refractivity contribution in [1.29, 1.82) is 0 Å². The molecule has 0 aliphatic heterocycles. The molecule has 1 amide bonds. The van der Waals surface area contributed by atoms with Crippen molar-refractivity contribution in [2.24, 2.45) is 0 Å². The summed E-state index contributed by atoms with van der Waals surface area (Å²) < 4.78 is 29.1. The van der Waals surface area contributed by atoms with Crippen LogP contribution in [0.15, 0.2) is 52.0 Å². The SMILES string of the molecule is O=C(CNCS(=O)(=O)c1ccc(Cl)cc1)NCc1ccco1. The molecule has 2 rings (SSSR count). The van der Waals surface area contributed by atoms with Crippen molar-refractivity contribution in [3.63, 3.8) is 0 Å². The van der Waals surface area contributed by atoms with Gasteiger partial charge in [-0.25, -0.2) is 8.42 Å². The number of carbonyl (C=O) groups excluding carboxylic acids is 1. The number of amides is 1. The van der Waals surface area contributed by atoms with Gasteiger partial charge in [0.05, 0.1) is 24.2 Å². The van der Waals surface area contributed by atoms with Crippen LogP contribution in [0.5, 0.6) is 0 Å². The average Bonchev–Trinajstić information content (AvgIpc) is 2.99. The van der Waals surface area contributed by atoms with Crippen molar-refractivity contribution < 1.29 is 17.6 Å². The summed E-state index contributed by atoms with van der Waals surface area (Å²) in [6, 6.07) is 9.32. The average molecular weight is 343 g/mol. The molecule has 8 heteroatoms. The van der Waals surface area contributed by atoms with Gasteiger partial charge in [-0.2, -0.15) is 0 Å². The number of nitrogens with one attached hydrogen (secondary N) is 2. The highest BCUT2D eigenvalue weighted by Crippen LogP contribution is 2.14. The molecule has 2 N–H and O–H groups in total. The van der Waals surface area contributed by atoms with E-state index in [1.807, 2.05) is 0 Å². The Morgan fingerprint density at radius 3 is 2.55 bits per heavy atom. The lowest BCUT2D eigenvalue weighted by Crippen LogP contribution is -2.35. The topological polar surface area (TPSA) is 88.4 Å². The molecule has 0 atom stereocenters. The van der Waals surface area contributed by atoms with Gasteiger partial charge in [0.15, 0.2) is 9.84 Å². The Morgan fingerprint density at radius 1 is 1.18 bits per heavy atom. The summed E-state index contributed by atoms with van der Waals surface area (Å²) in [6.45, 7) is 0.158. The highest BCUT2D eigenvalue weighted by atomic mass is 35.5. The Bertz CT molecular complexity index is 712. The number of rotatable bonds is 7. The van der Waals surface area contributed by atoms with Crippen LogP contribution in [0.2, 0.25) is 5.02 Å². The van der Waals surface area contributed by atoms with E-state index in [1.165, 1.54) is 30.5 Å². The van der Waals surface area contributed by atoms with Gasteiger partial charge in [-0.3, -0.25) is 10.1 Å². The maximum Gasteiger partial charge on any atom is 0.234 e. The van der Waals surface area contributed by atoms with Crippen LogP contribution in [0.25, 0.3) is 0 Å². The van der Waals surface area contributed by atoms with Crippen molar-refractivity contribution in [3.05, 3.63) is 53.4 Å². The molecule has 0 aliphatic rings. The molecule has 0 saturated heterocycles. The minimum Gasteiger partial charge on any atom is -0.467 e. The maximum atomic E-state index is 12.0. The van der Waals surface area contributed by atoms with Gasteiger partial charge in [0.2, 0.25) is 5.91 Å². The van der Waals surface area contributed by atoms with Crippen LogP contribution in [-0.2, 0) is 21.2 Å². The minimum atomic E-state index is -3.50. The summed E-state index contributed by atoms with van der Waals surface area (Å²) in [7, 11) is -3.50. The highest BCUT2D eigenvalue weighted by Gasteiger charge is 2.14.